The minimum absolute atomic E-state index is 0.0896. The summed E-state index contributed by atoms with van der Waals surface area (Å²) in [4.78, 5) is 12.7. The number of methoxy groups -OCH3 is 1. The van der Waals surface area contributed by atoms with Crippen LogP contribution in [0.2, 0.25) is 0 Å². The summed E-state index contributed by atoms with van der Waals surface area (Å²) in [7, 11) is 1.54. The molecule has 1 atom stereocenters. The molecule has 0 aromatic heterocycles. The van der Waals surface area contributed by atoms with E-state index in [1.807, 2.05) is 24.3 Å². The quantitative estimate of drug-likeness (QED) is 0.843. The van der Waals surface area contributed by atoms with E-state index in [0.29, 0.717) is 11.3 Å². The third-order valence-corrected chi connectivity index (χ3v) is 4.35. The van der Waals surface area contributed by atoms with Gasteiger partial charge in [0, 0.05) is 17.7 Å². The molecule has 2 aromatic carbocycles. The Morgan fingerprint density at radius 3 is 2.81 bits per heavy atom. The van der Waals surface area contributed by atoms with Gasteiger partial charge in [-0.3, -0.25) is 4.79 Å². The molecule has 21 heavy (non-hydrogen) atoms. The van der Waals surface area contributed by atoms with E-state index in [4.69, 9.17) is 4.74 Å². The average Bonchev–Trinajstić information content (AvgIpc) is 2.51. The van der Waals surface area contributed by atoms with Crippen LogP contribution in [-0.4, -0.2) is 24.5 Å². The molecule has 1 heterocycles. The number of carbonyl (C=O) groups is 1. The van der Waals surface area contributed by atoms with Crippen molar-refractivity contribution in [3.05, 3.63) is 47.0 Å². The fourth-order valence-corrected chi connectivity index (χ4v) is 3.48. The van der Waals surface area contributed by atoms with Gasteiger partial charge >= 0.3 is 0 Å². The molecular formula is C17H15NO3. The second-order valence-electron chi connectivity index (χ2n) is 5.42. The van der Waals surface area contributed by atoms with Crippen LogP contribution >= 0.6 is 0 Å². The van der Waals surface area contributed by atoms with Crippen LogP contribution in [0.25, 0.3) is 11.1 Å². The van der Waals surface area contributed by atoms with Crippen LogP contribution in [0.5, 0.6) is 11.5 Å². The van der Waals surface area contributed by atoms with Crippen molar-refractivity contribution in [2.24, 2.45) is 0 Å². The molecule has 2 aliphatic rings. The standard InChI is InChI=1S/C17H15NO3/c1-21-17-12(19)8-9-6-7-18-15-13(9)14(17)10-4-2-3-5-11(10)16(15)20/h2-5,8,15,18-19H,6-7H2,1H3. The second kappa shape index (κ2) is 4.33. The van der Waals surface area contributed by atoms with E-state index >= 15 is 0 Å². The SMILES string of the molecule is COc1c(O)cc2c3c1-c1ccccc1C(=O)C3NCC2. The summed E-state index contributed by atoms with van der Waals surface area (Å²) < 4.78 is 5.42. The van der Waals surface area contributed by atoms with Crippen LogP contribution in [0.3, 0.4) is 0 Å². The number of phenols is 1. The molecule has 4 heteroatoms. The van der Waals surface area contributed by atoms with Gasteiger partial charge in [-0.2, -0.15) is 0 Å². The Labute approximate surface area is 122 Å². The van der Waals surface area contributed by atoms with Gasteiger partial charge < -0.3 is 15.2 Å². The minimum Gasteiger partial charge on any atom is -0.504 e. The topological polar surface area (TPSA) is 58.6 Å². The summed E-state index contributed by atoms with van der Waals surface area (Å²) in [5.74, 6) is 0.672. The van der Waals surface area contributed by atoms with Gasteiger partial charge in [0.2, 0.25) is 0 Å². The zero-order valence-corrected chi connectivity index (χ0v) is 11.6. The Bertz CT molecular complexity index is 767. The van der Waals surface area contributed by atoms with E-state index in [2.05, 4.69) is 5.32 Å². The lowest BCUT2D eigenvalue weighted by atomic mass is 9.76. The first kappa shape index (κ1) is 12.4. The van der Waals surface area contributed by atoms with E-state index in [1.165, 1.54) is 0 Å². The summed E-state index contributed by atoms with van der Waals surface area (Å²) in [5.41, 5.74) is 4.35. The Morgan fingerprint density at radius 2 is 2.05 bits per heavy atom. The highest BCUT2D eigenvalue weighted by Gasteiger charge is 2.38. The van der Waals surface area contributed by atoms with E-state index in [1.54, 1.807) is 13.2 Å². The number of hydrogen-bond donors (Lipinski definition) is 2. The average molecular weight is 281 g/mol. The predicted octanol–water partition coefficient (Wildman–Crippen LogP) is 2.45. The molecule has 2 aromatic rings. The number of benzene rings is 2. The first-order chi connectivity index (χ1) is 10.2. The largest absolute Gasteiger partial charge is 0.504 e. The summed E-state index contributed by atoms with van der Waals surface area (Å²) in [6.45, 7) is 0.733. The lowest BCUT2D eigenvalue weighted by molar-refractivity contribution is 0.0937. The first-order valence-electron chi connectivity index (χ1n) is 7.02. The normalized spacial score (nSPS) is 18.9. The fourth-order valence-electron chi connectivity index (χ4n) is 3.48. The zero-order chi connectivity index (χ0) is 14.6. The number of ether oxygens (including phenoxy) is 1. The van der Waals surface area contributed by atoms with Gasteiger partial charge in [-0.1, -0.05) is 24.3 Å². The highest BCUT2D eigenvalue weighted by atomic mass is 16.5. The molecule has 0 amide bonds. The smallest absolute Gasteiger partial charge is 0.184 e. The lowest BCUT2D eigenvalue weighted by Gasteiger charge is -2.34. The summed E-state index contributed by atoms with van der Waals surface area (Å²) in [6.07, 6.45) is 0.797. The van der Waals surface area contributed by atoms with Crippen molar-refractivity contribution in [2.75, 3.05) is 13.7 Å². The molecular weight excluding hydrogens is 266 g/mol. The molecule has 106 valence electrons. The lowest BCUT2D eigenvalue weighted by Crippen LogP contribution is -2.38. The molecule has 2 N–H and O–H groups in total. The number of hydrogen-bond acceptors (Lipinski definition) is 4. The van der Waals surface area contributed by atoms with Crippen LogP contribution in [0.4, 0.5) is 0 Å². The van der Waals surface area contributed by atoms with E-state index in [-0.39, 0.29) is 17.6 Å². The maximum Gasteiger partial charge on any atom is 0.184 e. The molecule has 4 nitrogen and oxygen atoms in total. The van der Waals surface area contributed by atoms with Gasteiger partial charge in [-0.15, -0.1) is 0 Å². The second-order valence-corrected chi connectivity index (χ2v) is 5.42. The highest BCUT2D eigenvalue weighted by Crippen LogP contribution is 2.50. The van der Waals surface area contributed by atoms with Crippen molar-refractivity contribution in [3.8, 4) is 22.6 Å². The number of aromatic hydroxyl groups is 1. The Balaban J connectivity index is 2.15. The Morgan fingerprint density at radius 1 is 1.29 bits per heavy atom. The molecule has 1 unspecified atom stereocenters. The molecule has 4 rings (SSSR count). The predicted molar refractivity (Wildman–Crippen MR) is 78.9 cm³/mol. The van der Waals surface area contributed by atoms with Crippen molar-refractivity contribution in [1.29, 1.82) is 0 Å². The summed E-state index contributed by atoms with van der Waals surface area (Å²) in [6, 6.07) is 8.90. The monoisotopic (exact) mass is 281 g/mol. The minimum atomic E-state index is -0.340. The van der Waals surface area contributed by atoms with Crippen LogP contribution in [0, 0.1) is 0 Å². The van der Waals surface area contributed by atoms with Crippen molar-refractivity contribution in [1.82, 2.24) is 5.32 Å². The van der Waals surface area contributed by atoms with Crippen LogP contribution in [0.15, 0.2) is 30.3 Å². The molecule has 0 spiro atoms. The van der Waals surface area contributed by atoms with Crippen molar-refractivity contribution in [2.45, 2.75) is 12.5 Å². The zero-order valence-electron chi connectivity index (χ0n) is 11.6. The summed E-state index contributed by atoms with van der Waals surface area (Å²) >= 11 is 0. The van der Waals surface area contributed by atoms with Crippen molar-refractivity contribution in [3.63, 3.8) is 0 Å². The van der Waals surface area contributed by atoms with Gasteiger partial charge in [-0.05, 0) is 29.2 Å². The van der Waals surface area contributed by atoms with Crippen molar-refractivity contribution >= 4 is 5.78 Å². The van der Waals surface area contributed by atoms with Crippen LogP contribution < -0.4 is 10.1 Å². The molecule has 0 saturated carbocycles. The number of fused-ring (bicyclic) bond motifs is 2. The van der Waals surface area contributed by atoms with E-state index in [9.17, 15) is 9.90 Å². The van der Waals surface area contributed by atoms with Gasteiger partial charge in [0.15, 0.2) is 17.3 Å². The molecule has 0 bridgehead atoms. The Hall–Kier alpha value is -2.33. The molecule has 1 aliphatic carbocycles. The third-order valence-electron chi connectivity index (χ3n) is 4.35. The van der Waals surface area contributed by atoms with E-state index in [0.717, 1.165) is 35.2 Å². The van der Waals surface area contributed by atoms with Crippen molar-refractivity contribution < 1.29 is 14.6 Å². The summed E-state index contributed by atoms with van der Waals surface area (Å²) in [5, 5.41) is 13.5. The molecule has 0 saturated heterocycles. The van der Waals surface area contributed by atoms with Crippen LogP contribution in [0.1, 0.15) is 27.5 Å². The highest BCUT2D eigenvalue weighted by molar-refractivity contribution is 6.11. The first-order valence-corrected chi connectivity index (χ1v) is 7.02. The third kappa shape index (κ3) is 1.56. The maximum atomic E-state index is 12.7. The van der Waals surface area contributed by atoms with Gasteiger partial charge in [0.1, 0.15) is 0 Å². The molecule has 1 aliphatic heterocycles. The number of Topliss-reactive ketones (excluding diaryl/α,β-unsaturated/α-hetero) is 1. The fraction of sp³-hybridized carbons (Fsp3) is 0.235. The van der Waals surface area contributed by atoms with Crippen LogP contribution in [-0.2, 0) is 6.42 Å². The Kier molecular flexibility index (Phi) is 2.56. The number of rotatable bonds is 1. The van der Waals surface area contributed by atoms with Gasteiger partial charge in [0.05, 0.1) is 13.2 Å². The van der Waals surface area contributed by atoms with Gasteiger partial charge in [0.25, 0.3) is 0 Å². The number of phenolic OH excluding ortho intramolecular Hbond substituents is 1. The molecule has 0 radical (unpaired) electrons. The number of carbonyl (C=O) groups excluding carboxylic acids is 1. The van der Waals surface area contributed by atoms with E-state index < -0.39 is 0 Å². The number of ketones is 1. The number of nitrogens with one attached hydrogen (secondary N) is 1. The maximum absolute atomic E-state index is 12.7. The molecule has 0 fully saturated rings. The van der Waals surface area contributed by atoms with Gasteiger partial charge in [-0.25, -0.2) is 0 Å².